The Morgan fingerprint density at radius 1 is 1.24 bits per heavy atom. The lowest BCUT2D eigenvalue weighted by Crippen LogP contribution is -2.66. The van der Waals surface area contributed by atoms with Crippen molar-refractivity contribution in [3.63, 3.8) is 0 Å². The van der Waals surface area contributed by atoms with Gasteiger partial charge in [-0.15, -0.1) is 5.10 Å². The normalized spacial score (nSPS) is 26.5. The molecule has 5 atom stereocenters. The molecule has 3 aromatic rings. The molecule has 42 heavy (non-hydrogen) atoms. The van der Waals surface area contributed by atoms with E-state index in [4.69, 9.17) is 25.8 Å². The molecule has 5 heterocycles. The average Bonchev–Trinajstić information content (AvgIpc) is 3.41. The summed E-state index contributed by atoms with van der Waals surface area (Å²) in [6.07, 6.45) is -1.96. The number of aliphatic hydroxyl groups is 2. The molecular formula is C26H24ClF3N6O5S. The molecule has 0 amide bonds. The molecule has 1 aromatic carbocycles. The highest BCUT2D eigenvalue weighted by Crippen LogP contribution is 2.46. The van der Waals surface area contributed by atoms with Crippen molar-refractivity contribution in [2.75, 3.05) is 44.9 Å². The van der Waals surface area contributed by atoms with Crippen molar-refractivity contribution in [3.05, 3.63) is 52.6 Å². The number of aliphatic hydroxyl groups excluding tert-OH is 2. The predicted molar refractivity (Wildman–Crippen MR) is 142 cm³/mol. The second kappa shape index (κ2) is 11.3. The zero-order valence-corrected chi connectivity index (χ0v) is 23.5. The van der Waals surface area contributed by atoms with Gasteiger partial charge in [-0.05, 0) is 18.2 Å². The van der Waals surface area contributed by atoms with Gasteiger partial charge >= 0.3 is 0 Å². The van der Waals surface area contributed by atoms with Crippen molar-refractivity contribution in [2.24, 2.45) is 5.41 Å². The molecule has 0 aliphatic carbocycles. The van der Waals surface area contributed by atoms with Crippen molar-refractivity contribution in [3.8, 4) is 17.3 Å². The fourth-order valence-corrected chi connectivity index (χ4v) is 7.01. The largest absolute Gasteiger partial charge is 0.394 e. The van der Waals surface area contributed by atoms with E-state index in [1.807, 2.05) is 11.0 Å². The number of thioether (sulfide) groups is 1. The van der Waals surface area contributed by atoms with E-state index in [9.17, 15) is 28.6 Å². The van der Waals surface area contributed by atoms with Gasteiger partial charge in [0.1, 0.15) is 47.4 Å². The number of halogens is 4. The first-order chi connectivity index (χ1) is 20.2. The molecule has 6 rings (SSSR count). The maximum atomic E-state index is 13.9. The van der Waals surface area contributed by atoms with Crippen LogP contribution in [-0.2, 0) is 14.2 Å². The highest BCUT2D eigenvalue weighted by Gasteiger charge is 2.51. The molecule has 3 fully saturated rings. The average molecular weight is 625 g/mol. The van der Waals surface area contributed by atoms with Crippen molar-refractivity contribution in [2.45, 2.75) is 34.7 Å². The van der Waals surface area contributed by atoms with E-state index >= 15 is 0 Å². The van der Waals surface area contributed by atoms with E-state index < -0.39 is 53.8 Å². The molecule has 0 bridgehead atoms. The molecule has 3 aliphatic rings. The van der Waals surface area contributed by atoms with Gasteiger partial charge in [-0.1, -0.05) is 28.6 Å². The zero-order chi connectivity index (χ0) is 29.8. The Morgan fingerprint density at radius 3 is 2.55 bits per heavy atom. The Hall–Kier alpha value is -2.97. The molecule has 2 aromatic heterocycles. The zero-order valence-electron chi connectivity index (χ0n) is 22.0. The van der Waals surface area contributed by atoms with Gasteiger partial charge in [-0.25, -0.2) is 22.8 Å². The standard InChI is InChI=1S/C26H24ClF3N6O5S/c1-39-23-21(36-6-17(33-34-36)12-2-14(28)20(30)15(29)3-12)22(38)18(7-37)41-25(23)42-19-4-13(27)16(5-31)32-24(19)35-8-26(9-35)10-40-11-26/h2-4,6,18,21-23,25,37-38H,7-11H2,1H3. The molecule has 16 heteroatoms. The van der Waals surface area contributed by atoms with Gasteiger partial charge in [0.25, 0.3) is 0 Å². The lowest BCUT2D eigenvalue weighted by molar-refractivity contribution is -0.186. The number of anilines is 1. The third-order valence-electron chi connectivity index (χ3n) is 7.63. The number of methoxy groups -OCH3 is 1. The van der Waals surface area contributed by atoms with Gasteiger partial charge in [0, 0.05) is 25.8 Å². The van der Waals surface area contributed by atoms with Crippen LogP contribution >= 0.6 is 23.4 Å². The first-order valence-electron chi connectivity index (χ1n) is 12.8. The number of pyridine rings is 1. The highest BCUT2D eigenvalue weighted by atomic mass is 35.5. The monoisotopic (exact) mass is 624 g/mol. The predicted octanol–water partition coefficient (Wildman–Crippen LogP) is 2.55. The van der Waals surface area contributed by atoms with Crippen LogP contribution in [-0.4, -0.2) is 94.0 Å². The molecule has 2 N–H and O–H groups in total. The van der Waals surface area contributed by atoms with Gasteiger partial charge in [0.2, 0.25) is 0 Å². The summed E-state index contributed by atoms with van der Waals surface area (Å²) in [5.41, 5.74) is -0.765. The number of benzene rings is 1. The van der Waals surface area contributed by atoms with E-state index in [2.05, 4.69) is 15.3 Å². The number of nitriles is 1. The van der Waals surface area contributed by atoms with E-state index in [0.29, 0.717) is 37.0 Å². The molecule has 0 radical (unpaired) electrons. The Labute approximate surface area is 246 Å². The summed E-state index contributed by atoms with van der Waals surface area (Å²) in [4.78, 5) is 7.11. The van der Waals surface area contributed by atoms with Gasteiger partial charge in [-0.3, -0.25) is 0 Å². The van der Waals surface area contributed by atoms with Crippen molar-refractivity contribution >= 4 is 29.2 Å². The van der Waals surface area contributed by atoms with Crippen molar-refractivity contribution in [1.82, 2.24) is 20.0 Å². The molecule has 11 nitrogen and oxygen atoms in total. The molecule has 3 aliphatic heterocycles. The van der Waals surface area contributed by atoms with E-state index in [1.165, 1.54) is 29.8 Å². The quantitative estimate of drug-likeness (QED) is 0.375. The van der Waals surface area contributed by atoms with Gasteiger partial charge in [-0.2, -0.15) is 5.26 Å². The van der Waals surface area contributed by atoms with Crippen LogP contribution in [0.2, 0.25) is 5.02 Å². The summed E-state index contributed by atoms with van der Waals surface area (Å²) in [6, 6.07) is 4.22. The molecule has 0 saturated carbocycles. The summed E-state index contributed by atoms with van der Waals surface area (Å²) in [5.74, 6) is -3.85. The maximum Gasteiger partial charge on any atom is 0.194 e. The summed E-state index contributed by atoms with van der Waals surface area (Å²) in [7, 11) is 1.41. The Balaban J connectivity index is 1.32. The smallest absolute Gasteiger partial charge is 0.194 e. The van der Waals surface area contributed by atoms with Crippen LogP contribution in [0.1, 0.15) is 11.7 Å². The van der Waals surface area contributed by atoms with Crippen LogP contribution in [0.4, 0.5) is 19.0 Å². The van der Waals surface area contributed by atoms with E-state index in [1.54, 1.807) is 6.07 Å². The second-order valence-corrected chi connectivity index (χ2v) is 12.0. The molecular weight excluding hydrogens is 601 g/mol. The fourth-order valence-electron chi connectivity index (χ4n) is 5.43. The van der Waals surface area contributed by atoms with Gasteiger partial charge < -0.3 is 29.3 Å². The van der Waals surface area contributed by atoms with Crippen LogP contribution in [0.5, 0.6) is 0 Å². The fraction of sp³-hybridized carbons (Fsp3) is 0.462. The van der Waals surface area contributed by atoms with Gasteiger partial charge in [0.15, 0.2) is 23.1 Å². The highest BCUT2D eigenvalue weighted by molar-refractivity contribution is 8.00. The number of aromatic nitrogens is 4. The van der Waals surface area contributed by atoms with Crippen LogP contribution in [0.3, 0.4) is 0 Å². The lowest BCUT2D eigenvalue weighted by atomic mass is 9.78. The molecule has 3 saturated heterocycles. The number of ether oxygens (including phenoxy) is 3. The second-order valence-electron chi connectivity index (χ2n) is 10.5. The first kappa shape index (κ1) is 29.1. The molecule has 222 valence electrons. The number of hydrogen-bond acceptors (Lipinski definition) is 11. The summed E-state index contributed by atoms with van der Waals surface area (Å²) in [6.45, 7) is 2.13. The molecule has 5 unspecified atom stereocenters. The topological polar surface area (TPSA) is 139 Å². The number of hydrogen-bond donors (Lipinski definition) is 2. The Kier molecular flexibility index (Phi) is 7.81. The van der Waals surface area contributed by atoms with Crippen LogP contribution < -0.4 is 4.90 Å². The SMILES string of the molecule is COC1C(Sc2cc(Cl)c(C#N)nc2N2CC3(COC3)C2)OC(CO)C(O)C1n1cc(-c2cc(F)c(F)c(F)c2)nn1. The summed E-state index contributed by atoms with van der Waals surface area (Å²) in [5, 5.41) is 38.9. The minimum Gasteiger partial charge on any atom is -0.394 e. The van der Waals surface area contributed by atoms with Gasteiger partial charge in [0.05, 0.1) is 41.4 Å². The summed E-state index contributed by atoms with van der Waals surface area (Å²) >= 11 is 7.55. The van der Waals surface area contributed by atoms with Crippen molar-refractivity contribution in [1.29, 1.82) is 5.26 Å². The first-order valence-corrected chi connectivity index (χ1v) is 14.1. The summed E-state index contributed by atoms with van der Waals surface area (Å²) < 4.78 is 59.7. The lowest BCUT2D eigenvalue weighted by Gasteiger charge is -2.55. The number of nitrogens with zero attached hydrogens (tertiary/aromatic N) is 6. The minimum absolute atomic E-state index is 0.0168. The maximum absolute atomic E-state index is 13.9. The Morgan fingerprint density at radius 2 is 1.95 bits per heavy atom. The molecule has 1 spiro atoms. The van der Waals surface area contributed by atoms with Crippen LogP contribution in [0.25, 0.3) is 11.3 Å². The van der Waals surface area contributed by atoms with E-state index in [-0.39, 0.29) is 27.4 Å². The van der Waals surface area contributed by atoms with Crippen LogP contribution in [0, 0.1) is 34.2 Å². The minimum atomic E-state index is -1.61. The van der Waals surface area contributed by atoms with E-state index in [0.717, 1.165) is 12.1 Å². The van der Waals surface area contributed by atoms with Crippen LogP contribution in [0.15, 0.2) is 29.3 Å². The Bertz CT molecular complexity index is 1520. The van der Waals surface area contributed by atoms with Crippen molar-refractivity contribution < 1.29 is 37.6 Å². The third-order valence-corrected chi connectivity index (χ3v) is 9.09. The third kappa shape index (κ3) is 5.00. The number of rotatable bonds is 7.